The molecule has 5 heteroatoms. The van der Waals surface area contributed by atoms with Gasteiger partial charge in [-0.15, -0.1) is 0 Å². The number of H-pyrrole nitrogens is 1. The molecule has 0 spiro atoms. The van der Waals surface area contributed by atoms with Gasteiger partial charge < -0.3 is 15.2 Å². The summed E-state index contributed by atoms with van der Waals surface area (Å²) in [5.41, 5.74) is 0.163. The van der Waals surface area contributed by atoms with E-state index in [2.05, 4.69) is 10.3 Å². The zero-order chi connectivity index (χ0) is 12.5. The second-order valence-electron chi connectivity index (χ2n) is 5.11. The van der Waals surface area contributed by atoms with Crippen molar-refractivity contribution in [3.05, 3.63) is 34.2 Å². The van der Waals surface area contributed by atoms with Crippen LogP contribution in [0.1, 0.15) is 29.8 Å². The van der Waals surface area contributed by atoms with Gasteiger partial charge in [0.1, 0.15) is 5.69 Å². The van der Waals surface area contributed by atoms with E-state index in [0.29, 0.717) is 17.8 Å². The van der Waals surface area contributed by atoms with Crippen LogP contribution in [0, 0.1) is 0 Å². The molecule has 3 rings (SSSR count). The number of pyridine rings is 1. The van der Waals surface area contributed by atoms with Crippen LogP contribution in [-0.2, 0) is 0 Å². The van der Waals surface area contributed by atoms with E-state index in [4.69, 9.17) is 0 Å². The van der Waals surface area contributed by atoms with Crippen molar-refractivity contribution in [1.82, 2.24) is 15.2 Å². The summed E-state index contributed by atoms with van der Waals surface area (Å²) in [6, 6.07) is 5.68. The quantitative estimate of drug-likeness (QED) is 0.752. The highest BCUT2D eigenvalue weighted by Crippen LogP contribution is 2.21. The van der Waals surface area contributed by atoms with Gasteiger partial charge in [0.25, 0.3) is 5.91 Å². The van der Waals surface area contributed by atoms with Crippen LogP contribution in [0.15, 0.2) is 23.0 Å². The summed E-state index contributed by atoms with van der Waals surface area (Å²) in [7, 11) is 0. The molecule has 2 aliphatic rings. The molecular weight excluding hydrogens is 230 g/mol. The van der Waals surface area contributed by atoms with Crippen LogP contribution in [-0.4, -0.2) is 41.0 Å². The van der Waals surface area contributed by atoms with Crippen LogP contribution >= 0.6 is 0 Å². The minimum Gasteiger partial charge on any atom is -0.336 e. The van der Waals surface area contributed by atoms with E-state index in [-0.39, 0.29) is 11.5 Å². The molecule has 0 unspecified atom stereocenters. The first-order chi connectivity index (χ1) is 8.72. The summed E-state index contributed by atoms with van der Waals surface area (Å²) in [6.45, 7) is 1.51. The normalized spacial score (nSPS) is 27.0. The predicted octanol–water partition coefficient (Wildman–Crippen LogP) is 0.341. The molecule has 1 aromatic rings. The Hall–Kier alpha value is -1.62. The lowest BCUT2D eigenvalue weighted by molar-refractivity contribution is 0.0742. The lowest BCUT2D eigenvalue weighted by Crippen LogP contribution is -2.39. The first kappa shape index (κ1) is 11.5. The molecule has 96 valence electrons. The van der Waals surface area contributed by atoms with Gasteiger partial charge in [-0.05, 0) is 25.3 Å². The van der Waals surface area contributed by atoms with Gasteiger partial charge in [0.05, 0.1) is 0 Å². The number of aromatic nitrogens is 1. The molecule has 1 amide bonds. The molecule has 2 saturated heterocycles. The fraction of sp³-hybridized carbons (Fsp3) is 0.538. The Morgan fingerprint density at radius 3 is 2.89 bits per heavy atom. The van der Waals surface area contributed by atoms with Crippen LogP contribution in [0.2, 0.25) is 0 Å². The van der Waals surface area contributed by atoms with Crippen LogP contribution in [0.5, 0.6) is 0 Å². The average molecular weight is 247 g/mol. The van der Waals surface area contributed by atoms with E-state index in [0.717, 1.165) is 25.9 Å². The van der Waals surface area contributed by atoms with Gasteiger partial charge in [-0.3, -0.25) is 9.59 Å². The lowest BCUT2D eigenvalue weighted by Gasteiger charge is -2.24. The van der Waals surface area contributed by atoms with Crippen molar-refractivity contribution in [2.45, 2.75) is 31.3 Å². The number of amides is 1. The molecule has 0 saturated carbocycles. The van der Waals surface area contributed by atoms with Gasteiger partial charge in [-0.25, -0.2) is 0 Å². The number of nitrogens with zero attached hydrogens (tertiary/aromatic N) is 1. The first-order valence-corrected chi connectivity index (χ1v) is 6.47. The monoisotopic (exact) mass is 247 g/mol. The van der Waals surface area contributed by atoms with E-state index in [1.165, 1.54) is 12.5 Å². The van der Waals surface area contributed by atoms with Crippen molar-refractivity contribution in [2.75, 3.05) is 13.1 Å². The lowest BCUT2D eigenvalue weighted by atomic mass is 10.1. The molecule has 2 bridgehead atoms. The van der Waals surface area contributed by atoms with Gasteiger partial charge in [0.2, 0.25) is 5.56 Å². The molecule has 2 aliphatic heterocycles. The Kier molecular flexibility index (Phi) is 2.91. The molecule has 2 atom stereocenters. The maximum Gasteiger partial charge on any atom is 0.270 e. The molecule has 1 aromatic heterocycles. The highest BCUT2D eigenvalue weighted by Gasteiger charge is 2.31. The molecular formula is C13H17N3O2. The Morgan fingerprint density at radius 2 is 2.06 bits per heavy atom. The van der Waals surface area contributed by atoms with Crippen molar-refractivity contribution in [3.8, 4) is 0 Å². The number of hydrogen-bond donors (Lipinski definition) is 2. The van der Waals surface area contributed by atoms with E-state index >= 15 is 0 Å². The number of hydrogen-bond acceptors (Lipinski definition) is 3. The Labute approximate surface area is 105 Å². The third kappa shape index (κ3) is 2.18. The van der Waals surface area contributed by atoms with Crippen LogP contribution < -0.4 is 10.9 Å². The van der Waals surface area contributed by atoms with Gasteiger partial charge in [0, 0.05) is 31.2 Å². The van der Waals surface area contributed by atoms with Crippen molar-refractivity contribution in [1.29, 1.82) is 0 Å². The van der Waals surface area contributed by atoms with Crippen LogP contribution in [0.25, 0.3) is 0 Å². The second kappa shape index (κ2) is 4.57. The van der Waals surface area contributed by atoms with Crippen molar-refractivity contribution >= 4 is 5.91 Å². The zero-order valence-corrected chi connectivity index (χ0v) is 10.2. The topological polar surface area (TPSA) is 65.2 Å². The standard InChI is InChI=1S/C13H17N3O2/c17-12-3-1-2-11(15-12)13(18)16-7-6-9-4-5-10(8-16)14-9/h1-3,9-10,14H,4-8H2,(H,15,17)/t9-,10+/m1/s1. The Balaban J connectivity index is 1.78. The van der Waals surface area contributed by atoms with Crippen molar-refractivity contribution in [3.63, 3.8) is 0 Å². The summed E-state index contributed by atoms with van der Waals surface area (Å²) in [5, 5.41) is 3.53. The predicted molar refractivity (Wildman–Crippen MR) is 67.5 cm³/mol. The van der Waals surface area contributed by atoms with Gasteiger partial charge in [-0.1, -0.05) is 6.07 Å². The summed E-state index contributed by atoms with van der Waals surface area (Å²) < 4.78 is 0. The number of rotatable bonds is 1. The van der Waals surface area contributed by atoms with Crippen LogP contribution in [0.4, 0.5) is 0 Å². The Morgan fingerprint density at radius 1 is 1.22 bits per heavy atom. The minimum atomic E-state index is -0.227. The number of likely N-dealkylation sites (tertiary alicyclic amines) is 1. The molecule has 0 radical (unpaired) electrons. The van der Waals surface area contributed by atoms with Gasteiger partial charge in [-0.2, -0.15) is 0 Å². The van der Waals surface area contributed by atoms with E-state index in [1.54, 1.807) is 12.1 Å². The second-order valence-corrected chi connectivity index (χ2v) is 5.11. The summed E-state index contributed by atoms with van der Waals surface area (Å²) in [6.07, 6.45) is 3.36. The molecule has 0 aromatic carbocycles. The summed E-state index contributed by atoms with van der Waals surface area (Å²) in [4.78, 5) is 28.0. The summed E-state index contributed by atoms with van der Waals surface area (Å²) >= 11 is 0. The third-order valence-electron chi connectivity index (χ3n) is 3.81. The zero-order valence-electron chi connectivity index (χ0n) is 10.2. The fourth-order valence-corrected chi connectivity index (χ4v) is 2.87. The van der Waals surface area contributed by atoms with Gasteiger partial charge >= 0.3 is 0 Å². The highest BCUT2D eigenvalue weighted by molar-refractivity contribution is 5.92. The molecule has 2 N–H and O–H groups in total. The smallest absolute Gasteiger partial charge is 0.270 e. The minimum absolute atomic E-state index is 0.0675. The van der Waals surface area contributed by atoms with Crippen molar-refractivity contribution < 1.29 is 4.79 Å². The first-order valence-electron chi connectivity index (χ1n) is 6.47. The maximum absolute atomic E-state index is 12.3. The third-order valence-corrected chi connectivity index (χ3v) is 3.81. The largest absolute Gasteiger partial charge is 0.336 e. The molecule has 3 heterocycles. The molecule has 18 heavy (non-hydrogen) atoms. The number of nitrogens with one attached hydrogen (secondary N) is 2. The Bertz CT molecular complexity index is 511. The van der Waals surface area contributed by atoms with E-state index < -0.39 is 0 Å². The number of aromatic amines is 1. The van der Waals surface area contributed by atoms with E-state index in [1.807, 2.05) is 4.90 Å². The molecule has 0 aliphatic carbocycles. The summed E-state index contributed by atoms with van der Waals surface area (Å²) in [5.74, 6) is -0.0675. The molecule has 2 fully saturated rings. The highest BCUT2D eigenvalue weighted by atomic mass is 16.2. The SMILES string of the molecule is O=C(c1cccc(=O)[nH]1)N1CC[C@H]2CC[C@@H](C1)N2. The van der Waals surface area contributed by atoms with Gasteiger partial charge in [0.15, 0.2) is 0 Å². The molecule has 5 nitrogen and oxygen atoms in total. The van der Waals surface area contributed by atoms with E-state index in [9.17, 15) is 9.59 Å². The fourth-order valence-electron chi connectivity index (χ4n) is 2.87. The average Bonchev–Trinajstić information content (AvgIpc) is 2.68. The van der Waals surface area contributed by atoms with Crippen molar-refractivity contribution in [2.24, 2.45) is 0 Å². The number of fused-ring (bicyclic) bond motifs is 2. The van der Waals surface area contributed by atoms with Crippen LogP contribution in [0.3, 0.4) is 0 Å². The number of carbonyl (C=O) groups is 1. The maximum atomic E-state index is 12.3. The number of carbonyl (C=O) groups excluding carboxylic acids is 1.